The number of benzene rings is 1. The molecule has 74 valence electrons. The monoisotopic (exact) mass is 196 g/mol. The fourth-order valence-electron chi connectivity index (χ4n) is 1.40. The molecule has 0 saturated carbocycles. The van der Waals surface area contributed by atoms with E-state index in [2.05, 4.69) is 18.7 Å². The van der Waals surface area contributed by atoms with E-state index in [1.54, 1.807) is 12.5 Å². The normalized spacial score (nSPS) is 10.7. The fourth-order valence-corrected chi connectivity index (χ4v) is 1.40. The van der Waals surface area contributed by atoms with Gasteiger partial charge in [-0.2, -0.15) is 0 Å². The summed E-state index contributed by atoms with van der Waals surface area (Å²) < 4.78 is 4.99. The third-order valence-corrected chi connectivity index (χ3v) is 2.21. The van der Waals surface area contributed by atoms with Crippen molar-refractivity contribution in [1.29, 1.82) is 0 Å². The molecule has 1 heterocycles. The van der Waals surface area contributed by atoms with Crippen LogP contribution in [0.2, 0.25) is 0 Å². The van der Waals surface area contributed by atoms with Crippen molar-refractivity contribution in [2.24, 2.45) is 0 Å². The van der Waals surface area contributed by atoms with E-state index in [-0.39, 0.29) is 0 Å². The van der Waals surface area contributed by atoms with Gasteiger partial charge in [-0.25, -0.2) is 0 Å². The lowest BCUT2D eigenvalue weighted by Gasteiger charge is -1.98. The van der Waals surface area contributed by atoms with Gasteiger partial charge in [-0.05, 0) is 17.2 Å². The highest BCUT2D eigenvalue weighted by molar-refractivity contribution is 5.74. The Morgan fingerprint density at radius 3 is 2.47 bits per heavy atom. The summed E-state index contributed by atoms with van der Waals surface area (Å²) in [6.07, 6.45) is 9.31. The first-order valence-electron chi connectivity index (χ1n) is 4.82. The SMILES string of the molecule is C=Cc1ccccc1/C=C/c1ccoc1. The smallest absolute Gasteiger partial charge is 0.0974 e. The largest absolute Gasteiger partial charge is 0.472 e. The van der Waals surface area contributed by atoms with E-state index in [1.165, 1.54) is 0 Å². The van der Waals surface area contributed by atoms with Gasteiger partial charge in [-0.1, -0.05) is 49.1 Å². The molecule has 0 unspecified atom stereocenters. The number of hydrogen-bond acceptors (Lipinski definition) is 1. The first kappa shape index (κ1) is 9.53. The van der Waals surface area contributed by atoms with Gasteiger partial charge in [0.15, 0.2) is 0 Å². The quantitative estimate of drug-likeness (QED) is 0.720. The van der Waals surface area contributed by atoms with Gasteiger partial charge in [-0.15, -0.1) is 0 Å². The van der Waals surface area contributed by atoms with Crippen LogP contribution in [0, 0.1) is 0 Å². The van der Waals surface area contributed by atoms with Crippen LogP contribution < -0.4 is 0 Å². The third kappa shape index (κ3) is 2.26. The summed E-state index contributed by atoms with van der Waals surface area (Å²) in [7, 11) is 0. The fraction of sp³-hybridized carbons (Fsp3) is 0. The van der Waals surface area contributed by atoms with Crippen molar-refractivity contribution in [3.05, 3.63) is 66.1 Å². The van der Waals surface area contributed by atoms with Crippen LogP contribution in [0.5, 0.6) is 0 Å². The highest BCUT2D eigenvalue weighted by Crippen LogP contribution is 2.14. The van der Waals surface area contributed by atoms with Gasteiger partial charge < -0.3 is 4.42 Å². The molecule has 0 spiro atoms. The van der Waals surface area contributed by atoms with Crippen LogP contribution in [0.1, 0.15) is 16.7 Å². The van der Waals surface area contributed by atoms with Crippen LogP contribution in [0.4, 0.5) is 0 Å². The molecule has 15 heavy (non-hydrogen) atoms. The summed E-state index contributed by atoms with van der Waals surface area (Å²) >= 11 is 0. The Kier molecular flexibility index (Phi) is 2.84. The summed E-state index contributed by atoms with van der Waals surface area (Å²) in [5.74, 6) is 0. The van der Waals surface area contributed by atoms with Crippen LogP contribution >= 0.6 is 0 Å². The molecule has 0 aliphatic rings. The summed E-state index contributed by atoms with van der Waals surface area (Å²) in [6, 6.07) is 10.1. The molecule has 0 radical (unpaired) electrons. The molecular weight excluding hydrogens is 184 g/mol. The van der Waals surface area contributed by atoms with Crippen LogP contribution in [0.15, 0.2) is 53.9 Å². The highest BCUT2D eigenvalue weighted by Gasteiger charge is 1.93. The zero-order valence-electron chi connectivity index (χ0n) is 8.39. The Balaban J connectivity index is 2.27. The Bertz CT molecular complexity index is 464. The van der Waals surface area contributed by atoms with Gasteiger partial charge in [0, 0.05) is 5.56 Å². The number of furan rings is 1. The van der Waals surface area contributed by atoms with Gasteiger partial charge in [0.2, 0.25) is 0 Å². The van der Waals surface area contributed by atoms with E-state index >= 15 is 0 Å². The maximum atomic E-state index is 4.99. The summed E-state index contributed by atoms with van der Waals surface area (Å²) in [5.41, 5.74) is 3.36. The molecule has 1 nitrogen and oxygen atoms in total. The third-order valence-electron chi connectivity index (χ3n) is 2.21. The van der Waals surface area contributed by atoms with E-state index in [4.69, 9.17) is 4.42 Å². The molecule has 0 N–H and O–H groups in total. The maximum absolute atomic E-state index is 4.99. The molecule has 2 rings (SSSR count). The Labute approximate surface area is 89.4 Å². The van der Waals surface area contributed by atoms with Crippen LogP contribution in [-0.4, -0.2) is 0 Å². The zero-order chi connectivity index (χ0) is 10.5. The van der Waals surface area contributed by atoms with Crippen LogP contribution in [0.25, 0.3) is 18.2 Å². The predicted octanol–water partition coefficient (Wildman–Crippen LogP) is 4.09. The first-order chi connectivity index (χ1) is 7.40. The molecule has 0 bridgehead atoms. The summed E-state index contributed by atoms with van der Waals surface area (Å²) in [6.45, 7) is 3.78. The van der Waals surface area contributed by atoms with Gasteiger partial charge in [0.05, 0.1) is 12.5 Å². The van der Waals surface area contributed by atoms with E-state index in [1.807, 2.05) is 36.4 Å². The molecule has 1 aromatic carbocycles. The molecule has 0 aliphatic heterocycles. The zero-order valence-corrected chi connectivity index (χ0v) is 8.39. The molecule has 0 fully saturated rings. The molecule has 0 amide bonds. The second-order valence-corrected chi connectivity index (χ2v) is 3.22. The number of rotatable bonds is 3. The first-order valence-corrected chi connectivity index (χ1v) is 4.82. The van der Waals surface area contributed by atoms with Gasteiger partial charge in [-0.3, -0.25) is 0 Å². The lowest BCUT2D eigenvalue weighted by Crippen LogP contribution is -1.77. The molecule has 2 aromatic rings. The van der Waals surface area contributed by atoms with Crippen molar-refractivity contribution in [3.8, 4) is 0 Å². The predicted molar refractivity (Wildman–Crippen MR) is 64.2 cm³/mol. The lowest BCUT2D eigenvalue weighted by molar-refractivity contribution is 0.567. The molecule has 1 heteroatoms. The van der Waals surface area contributed by atoms with Gasteiger partial charge >= 0.3 is 0 Å². The minimum atomic E-state index is 1.06. The molecule has 0 saturated heterocycles. The Hall–Kier alpha value is -2.02. The number of hydrogen-bond donors (Lipinski definition) is 0. The van der Waals surface area contributed by atoms with Crippen molar-refractivity contribution >= 4 is 18.2 Å². The standard InChI is InChI=1S/C14H12O/c1-2-13-5-3-4-6-14(13)8-7-12-9-10-15-11-12/h2-11H,1H2/b8-7+. The van der Waals surface area contributed by atoms with Crippen LogP contribution in [0.3, 0.4) is 0 Å². The van der Waals surface area contributed by atoms with Gasteiger partial charge in [0.1, 0.15) is 0 Å². The molecule has 0 atom stereocenters. The van der Waals surface area contributed by atoms with Crippen molar-refractivity contribution < 1.29 is 4.42 Å². The van der Waals surface area contributed by atoms with E-state index < -0.39 is 0 Å². The molecule has 1 aromatic heterocycles. The minimum absolute atomic E-state index is 1.06. The average molecular weight is 196 g/mol. The Morgan fingerprint density at radius 1 is 1.00 bits per heavy atom. The maximum Gasteiger partial charge on any atom is 0.0974 e. The molecule has 0 aliphatic carbocycles. The van der Waals surface area contributed by atoms with E-state index in [0.717, 1.165) is 16.7 Å². The van der Waals surface area contributed by atoms with E-state index in [0.29, 0.717) is 0 Å². The van der Waals surface area contributed by atoms with Crippen molar-refractivity contribution in [3.63, 3.8) is 0 Å². The molecular formula is C14H12O. The van der Waals surface area contributed by atoms with Crippen molar-refractivity contribution in [1.82, 2.24) is 0 Å². The second kappa shape index (κ2) is 4.47. The van der Waals surface area contributed by atoms with Gasteiger partial charge in [0.25, 0.3) is 0 Å². The Morgan fingerprint density at radius 2 is 1.80 bits per heavy atom. The van der Waals surface area contributed by atoms with Crippen molar-refractivity contribution in [2.75, 3.05) is 0 Å². The topological polar surface area (TPSA) is 13.1 Å². The second-order valence-electron chi connectivity index (χ2n) is 3.22. The average Bonchev–Trinajstić information content (AvgIpc) is 2.79. The van der Waals surface area contributed by atoms with Crippen LogP contribution in [-0.2, 0) is 0 Å². The minimum Gasteiger partial charge on any atom is -0.472 e. The highest BCUT2D eigenvalue weighted by atomic mass is 16.3. The summed E-state index contributed by atoms with van der Waals surface area (Å²) in [4.78, 5) is 0. The summed E-state index contributed by atoms with van der Waals surface area (Å²) in [5, 5.41) is 0. The lowest BCUT2D eigenvalue weighted by atomic mass is 10.1. The van der Waals surface area contributed by atoms with E-state index in [9.17, 15) is 0 Å². The van der Waals surface area contributed by atoms with Crippen molar-refractivity contribution in [2.45, 2.75) is 0 Å².